The Hall–Kier alpha value is -4.60. The van der Waals surface area contributed by atoms with Gasteiger partial charge in [0.25, 0.3) is 0 Å². The van der Waals surface area contributed by atoms with Crippen molar-refractivity contribution in [2.75, 3.05) is 43.6 Å². The number of halogens is 5. The molecule has 3 atom stereocenters. The minimum Gasteiger partial charge on any atom is -0.480 e. The average Bonchev–Trinajstić information content (AvgIpc) is 3.51. The smallest absolute Gasteiger partial charge is 0.418 e. The first-order chi connectivity index (χ1) is 21.8. The molecule has 0 aliphatic carbocycles. The number of hydrogen-bond acceptors (Lipinski definition) is 11. The van der Waals surface area contributed by atoms with E-state index in [1.807, 2.05) is 4.90 Å². The first kappa shape index (κ1) is 31.4. The summed E-state index contributed by atoms with van der Waals surface area (Å²) in [6.45, 7) is 3.92. The van der Waals surface area contributed by atoms with E-state index in [4.69, 9.17) is 20.9 Å². The Morgan fingerprint density at radius 2 is 1.98 bits per heavy atom. The molecular formula is C30H32F5N9O2. The standard InChI is InChI=1S/C30H32F5N9O2/c1-14(17-6-4-8-38-25(17)37)40-26-20-24(42-28(43-26)46-13-29-7-5-9-44(29)12-16(31)11-29)22(32)23(41-27(20)45-3)18-10-19(36)39-15(2)21(18)30(33,34)35/h4,6,8,10,14,16H,5,7,9,11-13H2,1-3H3,(H2,36,39)(H2,37,38)(H,40,42,43)/t14?,16?,29-/m0/s1. The summed E-state index contributed by atoms with van der Waals surface area (Å²) < 4.78 is 85.2. The number of aromatic nitrogens is 5. The molecule has 2 unspecified atom stereocenters. The summed E-state index contributed by atoms with van der Waals surface area (Å²) in [7, 11) is 1.23. The highest BCUT2D eigenvalue weighted by Crippen LogP contribution is 2.44. The Kier molecular flexibility index (Phi) is 7.94. The quantitative estimate of drug-likeness (QED) is 0.216. The van der Waals surface area contributed by atoms with E-state index in [0.717, 1.165) is 26.0 Å². The van der Waals surface area contributed by atoms with Crippen LogP contribution in [-0.2, 0) is 6.18 Å². The van der Waals surface area contributed by atoms with Gasteiger partial charge in [-0.2, -0.15) is 23.1 Å². The van der Waals surface area contributed by atoms with Crippen LogP contribution in [0.2, 0.25) is 0 Å². The van der Waals surface area contributed by atoms with Crippen molar-refractivity contribution in [3.05, 3.63) is 47.0 Å². The summed E-state index contributed by atoms with van der Waals surface area (Å²) in [4.78, 5) is 22.9. The van der Waals surface area contributed by atoms with E-state index >= 15 is 4.39 Å². The third kappa shape index (κ3) is 5.54. The van der Waals surface area contributed by atoms with Crippen LogP contribution in [0.1, 0.15) is 49.0 Å². The molecule has 5 N–H and O–H groups in total. The molecule has 0 aromatic carbocycles. The molecular weight excluding hydrogens is 613 g/mol. The van der Waals surface area contributed by atoms with Crippen molar-refractivity contribution >= 4 is 28.4 Å². The van der Waals surface area contributed by atoms with E-state index in [1.54, 1.807) is 19.1 Å². The highest BCUT2D eigenvalue weighted by molar-refractivity contribution is 5.96. The Labute approximate surface area is 260 Å². The summed E-state index contributed by atoms with van der Waals surface area (Å²) in [6.07, 6.45) is -2.57. The van der Waals surface area contributed by atoms with Crippen LogP contribution in [0.25, 0.3) is 22.2 Å². The summed E-state index contributed by atoms with van der Waals surface area (Å²) in [5.41, 5.74) is 8.49. The van der Waals surface area contributed by atoms with Crippen molar-refractivity contribution in [1.82, 2.24) is 29.8 Å². The molecule has 2 fully saturated rings. The van der Waals surface area contributed by atoms with Gasteiger partial charge < -0.3 is 26.3 Å². The van der Waals surface area contributed by atoms with Gasteiger partial charge >= 0.3 is 12.2 Å². The minimum absolute atomic E-state index is 0.0163. The first-order valence-corrected chi connectivity index (χ1v) is 14.6. The van der Waals surface area contributed by atoms with Crippen LogP contribution in [0.5, 0.6) is 11.9 Å². The lowest BCUT2D eigenvalue weighted by Crippen LogP contribution is -2.43. The first-order valence-electron chi connectivity index (χ1n) is 14.6. The summed E-state index contributed by atoms with van der Waals surface area (Å²) >= 11 is 0. The third-order valence-corrected chi connectivity index (χ3v) is 8.61. The Balaban J connectivity index is 1.53. The maximum absolute atomic E-state index is 16.6. The fraction of sp³-hybridized carbons (Fsp3) is 0.433. The highest BCUT2D eigenvalue weighted by atomic mass is 19.4. The molecule has 46 heavy (non-hydrogen) atoms. The van der Waals surface area contributed by atoms with Crippen LogP contribution in [0.3, 0.4) is 0 Å². The molecule has 11 nitrogen and oxygen atoms in total. The van der Waals surface area contributed by atoms with Gasteiger partial charge in [-0.15, -0.1) is 0 Å². The van der Waals surface area contributed by atoms with Gasteiger partial charge in [-0.1, -0.05) is 6.07 Å². The van der Waals surface area contributed by atoms with Gasteiger partial charge in [-0.3, -0.25) is 4.90 Å². The van der Waals surface area contributed by atoms with Crippen LogP contribution >= 0.6 is 0 Å². The normalized spacial score (nSPS) is 20.6. The fourth-order valence-corrected chi connectivity index (χ4v) is 6.58. The van der Waals surface area contributed by atoms with E-state index < -0.39 is 57.8 Å². The molecule has 6 rings (SSSR count). The Morgan fingerprint density at radius 3 is 2.70 bits per heavy atom. The lowest BCUT2D eigenvalue weighted by Gasteiger charge is -2.30. The van der Waals surface area contributed by atoms with E-state index in [-0.39, 0.29) is 54.3 Å². The van der Waals surface area contributed by atoms with Crippen molar-refractivity contribution < 1.29 is 31.4 Å². The molecule has 2 aliphatic heterocycles. The van der Waals surface area contributed by atoms with Gasteiger partial charge in [-0.05, 0) is 45.4 Å². The number of hydrogen-bond donors (Lipinski definition) is 3. The average molecular weight is 646 g/mol. The number of methoxy groups -OCH3 is 1. The number of nitrogens with one attached hydrogen (secondary N) is 1. The molecule has 4 aromatic heterocycles. The molecule has 0 bridgehead atoms. The Morgan fingerprint density at radius 1 is 1.20 bits per heavy atom. The third-order valence-electron chi connectivity index (χ3n) is 8.61. The van der Waals surface area contributed by atoms with Gasteiger partial charge in [0.05, 0.1) is 29.9 Å². The van der Waals surface area contributed by atoms with Crippen LogP contribution < -0.4 is 26.3 Å². The number of alkyl halides is 4. The zero-order chi connectivity index (χ0) is 33.0. The summed E-state index contributed by atoms with van der Waals surface area (Å²) in [5.74, 6) is -1.46. The minimum atomic E-state index is -4.91. The number of anilines is 3. The molecule has 0 amide bonds. The maximum Gasteiger partial charge on any atom is 0.418 e. The highest BCUT2D eigenvalue weighted by Gasteiger charge is 2.49. The topological polar surface area (TPSA) is 150 Å². The van der Waals surface area contributed by atoms with Crippen molar-refractivity contribution in [1.29, 1.82) is 0 Å². The molecule has 6 heterocycles. The van der Waals surface area contributed by atoms with Gasteiger partial charge in [0, 0.05) is 30.3 Å². The van der Waals surface area contributed by atoms with E-state index in [0.29, 0.717) is 12.0 Å². The summed E-state index contributed by atoms with van der Waals surface area (Å²) in [5, 5.41) is 3.11. The largest absolute Gasteiger partial charge is 0.480 e. The lowest BCUT2D eigenvalue weighted by molar-refractivity contribution is -0.137. The van der Waals surface area contributed by atoms with E-state index in [9.17, 15) is 17.6 Å². The van der Waals surface area contributed by atoms with Gasteiger partial charge in [0.15, 0.2) is 5.82 Å². The molecule has 0 radical (unpaired) electrons. The number of fused-ring (bicyclic) bond motifs is 2. The SMILES string of the molecule is COc1nc(-c2cc(N)nc(C)c2C(F)(F)F)c(F)c2nc(OC[C@@]34CCCN3CC(F)C4)nc(NC(C)c3cccnc3N)c12. The Bertz CT molecular complexity index is 1810. The van der Waals surface area contributed by atoms with Crippen LogP contribution in [-0.4, -0.2) is 68.3 Å². The second-order valence-corrected chi connectivity index (χ2v) is 11.6. The van der Waals surface area contributed by atoms with Crippen LogP contribution in [0, 0.1) is 12.7 Å². The lowest BCUT2D eigenvalue weighted by atomic mass is 9.95. The number of ether oxygens (including phenoxy) is 2. The predicted octanol–water partition coefficient (Wildman–Crippen LogP) is 5.25. The summed E-state index contributed by atoms with van der Waals surface area (Å²) in [6, 6.07) is 3.52. The van der Waals surface area contributed by atoms with Crippen LogP contribution in [0.4, 0.5) is 39.4 Å². The predicted molar refractivity (Wildman–Crippen MR) is 160 cm³/mol. The molecule has 2 saturated heterocycles. The van der Waals surface area contributed by atoms with Crippen molar-refractivity contribution in [2.45, 2.75) is 57.0 Å². The van der Waals surface area contributed by atoms with Gasteiger partial charge in [-0.25, -0.2) is 23.7 Å². The molecule has 2 aliphatic rings. The number of pyridine rings is 3. The van der Waals surface area contributed by atoms with Crippen LogP contribution in [0.15, 0.2) is 24.4 Å². The molecule has 16 heteroatoms. The molecule has 4 aromatic rings. The van der Waals surface area contributed by atoms with Crippen molar-refractivity contribution in [3.8, 4) is 23.1 Å². The monoisotopic (exact) mass is 645 g/mol. The van der Waals surface area contributed by atoms with Crippen molar-refractivity contribution in [2.24, 2.45) is 0 Å². The maximum atomic E-state index is 16.6. The number of nitrogens with zero attached hydrogens (tertiary/aromatic N) is 6. The molecule has 244 valence electrons. The zero-order valence-corrected chi connectivity index (χ0v) is 25.3. The number of nitrogen functional groups attached to an aromatic ring is 2. The van der Waals surface area contributed by atoms with Gasteiger partial charge in [0.2, 0.25) is 5.88 Å². The molecule has 0 spiro atoms. The fourth-order valence-electron chi connectivity index (χ4n) is 6.58. The van der Waals surface area contributed by atoms with E-state index in [1.165, 1.54) is 13.3 Å². The van der Waals surface area contributed by atoms with E-state index in [2.05, 4.69) is 30.2 Å². The van der Waals surface area contributed by atoms with Crippen molar-refractivity contribution in [3.63, 3.8) is 0 Å². The van der Waals surface area contributed by atoms with Gasteiger partial charge in [0.1, 0.15) is 46.8 Å². The zero-order valence-electron chi connectivity index (χ0n) is 25.3. The number of rotatable bonds is 8. The second-order valence-electron chi connectivity index (χ2n) is 11.6. The number of aryl methyl sites for hydroxylation is 1. The number of nitrogens with two attached hydrogens (primary N) is 2. The second kappa shape index (κ2) is 11.6. The molecule has 0 saturated carbocycles.